The van der Waals surface area contributed by atoms with E-state index in [-0.39, 0.29) is 22.5 Å². The van der Waals surface area contributed by atoms with E-state index in [0.29, 0.717) is 47.8 Å². The summed E-state index contributed by atoms with van der Waals surface area (Å²) in [5.41, 5.74) is 1.38. The zero-order valence-corrected chi connectivity index (χ0v) is 22.0. The number of nitrogens with zero attached hydrogens (tertiary/aromatic N) is 1. The Bertz CT molecular complexity index is 1080. The SMILES string of the molecule is C[C@]12CC[C@H](NC(=O)CN3CCCC3)C[C@H]1CC[C@@H]1[C@@H]2CC[C@]2(C)[C@@H](c3ccc(=O)oc3)C[C@H]3O[C@]132. The molecular formula is C30H42N2O4. The third-order valence-electron chi connectivity index (χ3n) is 12.1. The Morgan fingerprint density at radius 3 is 2.67 bits per heavy atom. The first-order valence-corrected chi connectivity index (χ1v) is 14.6. The molecule has 6 nitrogen and oxygen atoms in total. The Balaban J connectivity index is 1.06. The average Bonchev–Trinajstić information content (AvgIpc) is 3.21. The van der Waals surface area contributed by atoms with E-state index < -0.39 is 0 Å². The summed E-state index contributed by atoms with van der Waals surface area (Å²) in [5.74, 6) is 2.68. The van der Waals surface area contributed by atoms with Gasteiger partial charge in [-0.05, 0) is 118 Å². The number of rotatable bonds is 4. The Labute approximate surface area is 214 Å². The Hall–Kier alpha value is -1.66. The highest BCUT2D eigenvalue weighted by molar-refractivity contribution is 5.78. The van der Waals surface area contributed by atoms with Gasteiger partial charge in [0.05, 0.1) is 18.9 Å². The maximum atomic E-state index is 12.7. The molecule has 196 valence electrons. The van der Waals surface area contributed by atoms with Crippen LogP contribution in [0, 0.1) is 28.6 Å². The summed E-state index contributed by atoms with van der Waals surface area (Å²) in [7, 11) is 0. The van der Waals surface area contributed by atoms with E-state index in [2.05, 4.69) is 24.1 Å². The number of carbonyl (C=O) groups is 1. The molecule has 7 rings (SSSR count). The van der Waals surface area contributed by atoms with Gasteiger partial charge in [0, 0.05) is 17.5 Å². The van der Waals surface area contributed by atoms with Gasteiger partial charge in [0.2, 0.25) is 5.91 Å². The van der Waals surface area contributed by atoms with Gasteiger partial charge in [-0.2, -0.15) is 0 Å². The van der Waals surface area contributed by atoms with Gasteiger partial charge in [0.15, 0.2) is 0 Å². The van der Waals surface area contributed by atoms with Crippen LogP contribution in [-0.2, 0) is 9.53 Å². The van der Waals surface area contributed by atoms with E-state index in [0.717, 1.165) is 32.4 Å². The zero-order chi connectivity index (χ0) is 24.7. The summed E-state index contributed by atoms with van der Waals surface area (Å²) in [5, 5.41) is 3.42. The topological polar surface area (TPSA) is 75.1 Å². The molecule has 0 bridgehead atoms. The third-order valence-corrected chi connectivity index (χ3v) is 12.1. The van der Waals surface area contributed by atoms with Gasteiger partial charge in [-0.15, -0.1) is 0 Å². The molecule has 4 aliphatic carbocycles. The van der Waals surface area contributed by atoms with Crippen molar-refractivity contribution in [1.82, 2.24) is 10.2 Å². The van der Waals surface area contributed by atoms with Crippen LogP contribution in [0.2, 0.25) is 0 Å². The molecule has 0 aromatic carbocycles. The van der Waals surface area contributed by atoms with Gasteiger partial charge in [0.25, 0.3) is 0 Å². The van der Waals surface area contributed by atoms with Crippen LogP contribution in [-0.4, -0.2) is 48.2 Å². The summed E-state index contributed by atoms with van der Waals surface area (Å²) in [6.07, 6.45) is 14.0. The van der Waals surface area contributed by atoms with Crippen molar-refractivity contribution in [3.8, 4) is 0 Å². The largest absolute Gasteiger partial charge is 0.431 e. The third kappa shape index (κ3) is 3.28. The van der Waals surface area contributed by atoms with Gasteiger partial charge in [0.1, 0.15) is 5.60 Å². The lowest BCUT2D eigenvalue weighted by atomic mass is 9.44. The number of hydrogen-bond donors (Lipinski definition) is 1. The minimum absolute atomic E-state index is 0.00545. The molecule has 1 N–H and O–H groups in total. The molecule has 6 aliphatic rings. The minimum atomic E-state index is -0.268. The van der Waals surface area contributed by atoms with Crippen molar-refractivity contribution in [2.24, 2.45) is 28.6 Å². The number of likely N-dealkylation sites (tertiary alicyclic amines) is 1. The van der Waals surface area contributed by atoms with Gasteiger partial charge in [-0.1, -0.05) is 13.8 Å². The lowest BCUT2D eigenvalue weighted by Gasteiger charge is -2.61. The summed E-state index contributed by atoms with van der Waals surface area (Å²) < 4.78 is 12.0. The standard InChI is InChI=1S/C30H42N2O4/c1-28-11-9-21(31-26(33)17-32-13-3-4-14-32)15-20(28)6-7-23-22(28)10-12-29(2)24(16-25-30(23,29)36-25)19-5-8-27(34)35-18-19/h5,8,18,20-25H,3-4,6-7,9-17H2,1-2H3,(H,31,33)/t20-,21+,22+,23-,24-,25-,28+,29-,30-/m1/s1. The van der Waals surface area contributed by atoms with Crippen LogP contribution in [0.1, 0.15) is 89.5 Å². The second-order valence-electron chi connectivity index (χ2n) is 13.5. The molecule has 1 aromatic rings. The second-order valence-corrected chi connectivity index (χ2v) is 13.5. The van der Waals surface area contributed by atoms with Crippen molar-refractivity contribution in [1.29, 1.82) is 0 Å². The Morgan fingerprint density at radius 1 is 1.06 bits per heavy atom. The summed E-state index contributed by atoms with van der Waals surface area (Å²) >= 11 is 0. The Morgan fingerprint density at radius 2 is 1.89 bits per heavy atom. The molecule has 1 spiro atoms. The molecule has 4 saturated carbocycles. The van der Waals surface area contributed by atoms with Gasteiger partial charge >= 0.3 is 5.63 Å². The average molecular weight is 495 g/mol. The lowest BCUT2D eigenvalue weighted by Crippen LogP contribution is -2.59. The van der Waals surface area contributed by atoms with Crippen LogP contribution >= 0.6 is 0 Å². The molecule has 1 amide bonds. The van der Waals surface area contributed by atoms with Crippen molar-refractivity contribution in [3.63, 3.8) is 0 Å². The maximum absolute atomic E-state index is 12.7. The van der Waals surface area contributed by atoms with Crippen LogP contribution in [0.3, 0.4) is 0 Å². The predicted octanol–water partition coefficient (Wildman–Crippen LogP) is 4.48. The van der Waals surface area contributed by atoms with Gasteiger partial charge < -0.3 is 14.5 Å². The van der Waals surface area contributed by atoms with Crippen LogP contribution < -0.4 is 10.9 Å². The zero-order valence-electron chi connectivity index (χ0n) is 22.0. The first-order chi connectivity index (χ1) is 17.3. The minimum Gasteiger partial charge on any atom is -0.431 e. The summed E-state index contributed by atoms with van der Waals surface area (Å²) in [6.45, 7) is 7.77. The molecule has 0 unspecified atom stereocenters. The molecule has 6 heteroatoms. The molecular weight excluding hydrogens is 452 g/mol. The van der Waals surface area contributed by atoms with Gasteiger partial charge in [-0.3, -0.25) is 9.69 Å². The fourth-order valence-corrected chi connectivity index (χ4v) is 10.3. The number of ether oxygens (including phenoxy) is 1. The van der Waals surface area contributed by atoms with E-state index in [4.69, 9.17) is 9.15 Å². The van der Waals surface area contributed by atoms with Gasteiger partial charge in [-0.25, -0.2) is 4.79 Å². The molecule has 9 atom stereocenters. The normalized spacial score (nSPS) is 47.4. The van der Waals surface area contributed by atoms with E-state index in [9.17, 15) is 9.59 Å². The molecule has 2 aliphatic heterocycles. The highest BCUT2D eigenvalue weighted by Gasteiger charge is 2.80. The van der Waals surface area contributed by atoms with Crippen molar-refractivity contribution in [2.45, 2.75) is 102 Å². The van der Waals surface area contributed by atoms with Crippen LogP contribution in [0.5, 0.6) is 0 Å². The molecule has 36 heavy (non-hydrogen) atoms. The molecule has 6 fully saturated rings. The monoisotopic (exact) mass is 494 g/mol. The molecule has 0 radical (unpaired) electrons. The van der Waals surface area contributed by atoms with Crippen molar-refractivity contribution in [2.75, 3.05) is 19.6 Å². The van der Waals surface area contributed by atoms with E-state index in [1.54, 1.807) is 12.3 Å². The number of fused-ring (bicyclic) bond motifs is 3. The quantitative estimate of drug-likeness (QED) is 0.625. The van der Waals surface area contributed by atoms with Crippen molar-refractivity contribution >= 4 is 5.91 Å². The number of nitrogens with one attached hydrogen (secondary N) is 1. The van der Waals surface area contributed by atoms with Crippen molar-refractivity contribution < 1.29 is 13.9 Å². The number of amides is 1. The highest BCUT2D eigenvalue weighted by Crippen LogP contribution is 2.77. The summed E-state index contributed by atoms with van der Waals surface area (Å²) in [4.78, 5) is 26.6. The first-order valence-electron chi connectivity index (χ1n) is 14.6. The Kier molecular flexibility index (Phi) is 5.32. The molecule has 3 heterocycles. The smallest absolute Gasteiger partial charge is 0.335 e. The van der Waals surface area contributed by atoms with Crippen molar-refractivity contribution in [3.05, 3.63) is 34.4 Å². The van der Waals surface area contributed by atoms with E-state index >= 15 is 0 Å². The van der Waals surface area contributed by atoms with Crippen LogP contribution in [0.15, 0.2) is 27.6 Å². The number of carbonyl (C=O) groups excluding carboxylic acids is 1. The fraction of sp³-hybridized carbons (Fsp3) is 0.800. The second kappa shape index (κ2) is 8.17. The first kappa shape index (κ1) is 23.5. The van der Waals surface area contributed by atoms with E-state index in [1.807, 2.05) is 6.07 Å². The fourth-order valence-electron chi connectivity index (χ4n) is 10.3. The predicted molar refractivity (Wildman–Crippen MR) is 137 cm³/mol. The summed E-state index contributed by atoms with van der Waals surface area (Å²) in [6, 6.07) is 3.91. The number of hydrogen-bond acceptors (Lipinski definition) is 5. The molecule has 2 saturated heterocycles. The molecule has 1 aromatic heterocycles. The van der Waals surface area contributed by atoms with Crippen LogP contribution in [0.4, 0.5) is 0 Å². The highest BCUT2D eigenvalue weighted by atomic mass is 16.6. The lowest BCUT2D eigenvalue weighted by molar-refractivity contribution is -0.134. The van der Waals surface area contributed by atoms with Crippen LogP contribution in [0.25, 0.3) is 0 Å². The maximum Gasteiger partial charge on any atom is 0.335 e. The number of epoxide rings is 1. The van der Waals surface area contributed by atoms with E-state index in [1.165, 1.54) is 50.5 Å².